The van der Waals surface area contributed by atoms with Crippen LogP contribution in [0, 0.1) is 0 Å². The first-order chi connectivity index (χ1) is 8.38. The van der Waals surface area contributed by atoms with E-state index in [1.165, 1.54) is 11.1 Å². The molecule has 2 aromatic rings. The Hall–Kier alpha value is -1.58. The molecule has 0 aliphatic rings. The highest BCUT2D eigenvalue weighted by Gasteiger charge is 1.96. The van der Waals surface area contributed by atoms with Gasteiger partial charge in [0.25, 0.3) is 0 Å². The summed E-state index contributed by atoms with van der Waals surface area (Å²) < 4.78 is 2.15. The van der Waals surface area contributed by atoms with E-state index in [4.69, 9.17) is 4.84 Å². The van der Waals surface area contributed by atoms with Crippen molar-refractivity contribution in [2.24, 2.45) is 0 Å². The second-order valence-electron chi connectivity index (χ2n) is 3.95. The molecule has 1 N–H and O–H groups in total. The molecular formula is C14H18N2O. The minimum Gasteiger partial charge on any atom is -0.354 e. The average molecular weight is 230 g/mol. The topological polar surface area (TPSA) is 26.2 Å². The van der Waals surface area contributed by atoms with E-state index in [-0.39, 0.29) is 0 Å². The van der Waals surface area contributed by atoms with Crippen LogP contribution in [-0.4, -0.2) is 4.57 Å². The molecule has 0 amide bonds. The molecule has 2 rings (SSSR count). The van der Waals surface area contributed by atoms with Crippen molar-refractivity contribution >= 4 is 0 Å². The first kappa shape index (κ1) is 11.9. The second kappa shape index (κ2) is 6.23. The Kier molecular flexibility index (Phi) is 4.36. The maximum absolute atomic E-state index is 5.41. The standard InChI is InChI=1S/C14H18N2O/c1-2-16-9-8-14(11-16)10-15-17-12-13-6-4-3-5-7-13/h3-9,11,15H,2,10,12H2,1H3. The van der Waals surface area contributed by atoms with Gasteiger partial charge in [-0.3, -0.25) is 4.84 Å². The van der Waals surface area contributed by atoms with Crippen molar-refractivity contribution in [1.29, 1.82) is 0 Å². The number of nitrogens with zero attached hydrogens (tertiary/aromatic N) is 1. The van der Waals surface area contributed by atoms with Crippen LogP contribution in [0.1, 0.15) is 18.1 Å². The van der Waals surface area contributed by atoms with Gasteiger partial charge < -0.3 is 4.57 Å². The van der Waals surface area contributed by atoms with Crippen LogP contribution < -0.4 is 5.48 Å². The van der Waals surface area contributed by atoms with E-state index in [0.717, 1.165) is 13.1 Å². The molecular weight excluding hydrogens is 212 g/mol. The average Bonchev–Trinajstić information content (AvgIpc) is 2.84. The van der Waals surface area contributed by atoms with Gasteiger partial charge >= 0.3 is 0 Å². The molecule has 0 radical (unpaired) electrons. The molecule has 3 heteroatoms. The highest BCUT2D eigenvalue weighted by atomic mass is 16.6. The Balaban J connectivity index is 1.69. The summed E-state index contributed by atoms with van der Waals surface area (Å²) in [7, 11) is 0. The minimum atomic E-state index is 0.593. The van der Waals surface area contributed by atoms with Gasteiger partial charge in [0.05, 0.1) is 6.61 Å². The Morgan fingerprint density at radius 2 is 1.94 bits per heavy atom. The molecule has 0 saturated carbocycles. The van der Waals surface area contributed by atoms with E-state index >= 15 is 0 Å². The number of nitrogens with one attached hydrogen (secondary N) is 1. The first-order valence-electron chi connectivity index (χ1n) is 5.91. The molecule has 3 nitrogen and oxygen atoms in total. The molecule has 0 aliphatic heterocycles. The van der Waals surface area contributed by atoms with Crippen LogP contribution in [0.5, 0.6) is 0 Å². The minimum absolute atomic E-state index is 0.593. The van der Waals surface area contributed by atoms with Gasteiger partial charge in [-0.15, -0.1) is 0 Å². The van der Waals surface area contributed by atoms with Gasteiger partial charge in [0, 0.05) is 25.5 Å². The van der Waals surface area contributed by atoms with Crippen LogP contribution in [0.3, 0.4) is 0 Å². The summed E-state index contributed by atoms with van der Waals surface area (Å²) in [5.74, 6) is 0. The number of hydroxylamine groups is 1. The number of aromatic nitrogens is 1. The van der Waals surface area contributed by atoms with Crippen LogP contribution in [0.4, 0.5) is 0 Å². The normalized spacial score (nSPS) is 10.6. The Morgan fingerprint density at radius 1 is 1.12 bits per heavy atom. The van der Waals surface area contributed by atoms with Crippen molar-refractivity contribution in [2.75, 3.05) is 0 Å². The monoisotopic (exact) mass is 230 g/mol. The molecule has 0 unspecified atom stereocenters. The number of hydrogen-bond donors (Lipinski definition) is 1. The molecule has 90 valence electrons. The highest BCUT2D eigenvalue weighted by molar-refractivity contribution is 5.13. The third-order valence-electron chi connectivity index (χ3n) is 2.64. The van der Waals surface area contributed by atoms with E-state index in [1.807, 2.05) is 18.2 Å². The van der Waals surface area contributed by atoms with E-state index < -0.39 is 0 Å². The predicted octanol–water partition coefficient (Wildman–Crippen LogP) is 2.73. The SMILES string of the molecule is CCn1ccc(CNOCc2ccccc2)c1. The lowest BCUT2D eigenvalue weighted by molar-refractivity contribution is 0.0235. The fourth-order valence-electron chi connectivity index (χ4n) is 1.63. The largest absolute Gasteiger partial charge is 0.354 e. The number of benzene rings is 1. The van der Waals surface area contributed by atoms with E-state index in [2.05, 4.69) is 47.6 Å². The summed E-state index contributed by atoms with van der Waals surface area (Å²) in [5, 5.41) is 0. The fraction of sp³-hybridized carbons (Fsp3) is 0.286. The number of aryl methyl sites for hydroxylation is 1. The Labute approximate surface area is 102 Å². The first-order valence-corrected chi connectivity index (χ1v) is 5.91. The molecule has 0 aliphatic carbocycles. The third kappa shape index (κ3) is 3.73. The summed E-state index contributed by atoms with van der Waals surface area (Å²) in [6, 6.07) is 12.2. The van der Waals surface area contributed by atoms with Crippen molar-refractivity contribution in [2.45, 2.75) is 26.6 Å². The summed E-state index contributed by atoms with van der Waals surface area (Å²) >= 11 is 0. The van der Waals surface area contributed by atoms with Gasteiger partial charge in [-0.05, 0) is 24.1 Å². The van der Waals surface area contributed by atoms with Gasteiger partial charge in [-0.1, -0.05) is 30.3 Å². The van der Waals surface area contributed by atoms with Gasteiger partial charge in [-0.2, -0.15) is 5.48 Å². The van der Waals surface area contributed by atoms with Crippen LogP contribution in [-0.2, 0) is 24.5 Å². The summed E-state index contributed by atoms with van der Waals surface area (Å²) in [6.07, 6.45) is 4.20. The molecule has 0 fully saturated rings. The Morgan fingerprint density at radius 3 is 2.65 bits per heavy atom. The molecule has 0 saturated heterocycles. The van der Waals surface area contributed by atoms with Crippen LogP contribution >= 0.6 is 0 Å². The van der Waals surface area contributed by atoms with Gasteiger partial charge in [0.1, 0.15) is 0 Å². The zero-order valence-electron chi connectivity index (χ0n) is 10.1. The highest BCUT2D eigenvalue weighted by Crippen LogP contribution is 2.02. The number of rotatable bonds is 6. The van der Waals surface area contributed by atoms with Crippen molar-refractivity contribution in [3.63, 3.8) is 0 Å². The maximum atomic E-state index is 5.41. The zero-order valence-corrected chi connectivity index (χ0v) is 10.1. The summed E-state index contributed by atoms with van der Waals surface area (Å²) in [6.45, 7) is 4.46. The third-order valence-corrected chi connectivity index (χ3v) is 2.64. The van der Waals surface area contributed by atoms with Gasteiger partial charge in [-0.25, -0.2) is 0 Å². The maximum Gasteiger partial charge on any atom is 0.0933 e. The van der Waals surface area contributed by atoms with Crippen LogP contribution in [0.25, 0.3) is 0 Å². The smallest absolute Gasteiger partial charge is 0.0933 e. The number of hydrogen-bond acceptors (Lipinski definition) is 2. The lowest BCUT2D eigenvalue weighted by Gasteiger charge is -2.04. The Bertz CT molecular complexity index is 436. The lowest BCUT2D eigenvalue weighted by atomic mass is 10.2. The summed E-state index contributed by atoms with van der Waals surface area (Å²) in [5.41, 5.74) is 5.38. The van der Waals surface area contributed by atoms with Gasteiger partial charge in [0.15, 0.2) is 0 Å². The predicted molar refractivity (Wildman–Crippen MR) is 68.2 cm³/mol. The van der Waals surface area contributed by atoms with Gasteiger partial charge in [0.2, 0.25) is 0 Å². The molecule has 1 heterocycles. The molecule has 0 bridgehead atoms. The van der Waals surface area contributed by atoms with Crippen LogP contribution in [0.2, 0.25) is 0 Å². The molecule has 17 heavy (non-hydrogen) atoms. The van der Waals surface area contributed by atoms with Crippen molar-refractivity contribution in [3.05, 3.63) is 59.9 Å². The quantitative estimate of drug-likeness (QED) is 0.610. The molecule has 1 aromatic heterocycles. The van der Waals surface area contributed by atoms with Crippen molar-refractivity contribution in [3.8, 4) is 0 Å². The molecule has 0 spiro atoms. The zero-order chi connectivity index (χ0) is 11.9. The van der Waals surface area contributed by atoms with E-state index in [1.54, 1.807) is 0 Å². The van der Waals surface area contributed by atoms with Crippen LogP contribution in [0.15, 0.2) is 48.8 Å². The van der Waals surface area contributed by atoms with Crippen molar-refractivity contribution in [1.82, 2.24) is 10.0 Å². The second-order valence-corrected chi connectivity index (χ2v) is 3.95. The van der Waals surface area contributed by atoms with E-state index in [0.29, 0.717) is 6.61 Å². The van der Waals surface area contributed by atoms with Crippen molar-refractivity contribution < 1.29 is 4.84 Å². The molecule has 0 atom stereocenters. The van der Waals surface area contributed by atoms with E-state index in [9.17, 15) is 0 Å². The fourth-order valence-corrected chi connectivity index (χ4v) is 1.63. The summed E-state index contributed by atoms with van der Waals surface area (Å²) in [4.78, 5) is 5.41. The lowest BCUT2D eigenvalue weighted by Crippen LogP contribution is -2.13. The molecule has 1 aromatic carbocycles.